The molecule has 1 atom stereocenters. The highest BCUT2D eigenvalue weighted by Gasteiger charge is 2.25. The van der Waals surface area contributed by atoms with Crippen LogP contribution in [0.2, 0.25) is 0 Å². The first kappa shape index (κ1) is 22.1. The van der Waals surface area contributed by atoms with Crippen LogP contribution in [0.5, 0.6) is 5.75 Å². The van der Waals surface area contributed by atoms with Crippen LogP contribution >= 0.6 is 11.7 Å². The molecule has 4 rings (SSSR count). The molecule has 0 radical (unpaired) electrons. The third-order valence-electron chi connectivity index (χ3n) is 5.85. The van der Waals surface area contributed by atoms with Gasteiger partial charge in [0.25, 0.3) is 5.91 Å². The van der Waals surface area contributed by atoms with Crippen LogP contribution in [-0.2, 0) is 0 Å². The molecule has 0 saturated carbocycles. The smallest absolute Gasteiger partial charge is 0.257 e. The van der Waals surface area contributed by atoms with Gasteiger partial charge in [-0.15, -0.1) is 0 Å². The van der Waals surface area contributed by atoms with Gasteiger partial charge in [0, 0.05) is 13.1 Å². The third kappa shape index (κ3) is 4.43. The van der Waals surface area contributed by atoms with Crippen molar-refractivity contribution >= 4 is 35.0 Å². The Labute approximate surface area is 192 Å². The molecule has 9 heteroatoms. The molecule has 170 valence electrons. The summed E-state index contributed by atoms with van der Waals surface area (Å²) in [5, 5.41) is 17.4. The van der Waals surface area contributed by atoms with Gasteiger partial charge in [0.15, 0.2) is 17.4 Å². The standard InChI is InChI=1S/C23H29N5O3S/c1-13(2)19(18-12-14(3)15(4)31-18)25-22-21(26-32-27-22)24-17-9-7-8-16(20(17)29)23(30)28-10-5-6-11-28/h7-9,12-13,19,29H,5-6,10-11H2,1-4H3,(H,24,26)(H,25,27). The first-order valence-electron chi connectivity index (χ1n) is 10.9. The summed E-state index contributed by atoms with van der Waals surface area (Å²) < 4.78 is 14.7. The summed E-state index contributed by atoms with van der Waals surface area (Å²) in [6.45, 7) is 9.64. The number of hydrogen-bond acceptors (Lipinski definition) is 8. The fourth-order valence-electron chi connectivity index (χ4n) is 3.87. The van der Waals surface area contributed by atoms with Crippen LogP contribution in [0.1, 0.15) is 60.2 Å². The number of anilines is 3. The fraction of sp³-hybridized carbons (Fsp3) is 0.435. The maximum atomic E-state index is 12.8. The zero-order valence-corrected chi connectivity index (χ0v) is 19.6. The third-order valence-corrected chi connectivity index (χ3v) is 6.38. The van der Waals surface area contributed by atoms with Gasteiger partial charge in [-0.25, -0.2) is 0 Å². The number of aryl methyl sites for hydroxylation is 2. The van der Waals surface area contributed by atoms with E-state index in [2.05, 4.69) is 33.2 Å². The summed E-state index contributed by atoms with van der Waals surface area (Å²) in [5.74, 6) is 2.80. The fourth-order valence-corrected chi connectivity index (χ4v) is 4.34. The number of hydrogen-bond donors (Lipinski definition) is 3. The molecule has 1 aliphatic rings. The molecule has 3 aromatic rings. The highest BCUT2D eigenvalue weighted by Crippen LogP contribution is 2.36. The highest BCUT2D eigenvalue weighted by atomic mass is 32.1. The Morgan fingerprint density at radius 1 is 1.19 bits per heavy atom. The van der Waals surface area contributed by atoms with Crippen LogP contribution in [0.4, 0.5) is 17.3 Å². The van der Waals surface area contributed by atoms with E-state index >= 15 is 0 Å². The predicted molar refractivity (Wildman–Crippen MR) is 126 cm³/mol. The molecular formula is C23H29N5O3S. The predicted octanol–water partition coefficient (Wildman–Crippen LogP) is 5.24. The number of furan rings is 1. The van der Waals surface area contributed by atoms with Gasteiger partial charge in [0.2, 0.25) is 0 Å². The zero-order chi connectivity index (χ0) is 22.8. The Morgan fingerprint density at radius 3 is 2.56 bits per heavy atom. The lowest BCUT2D eigenvalue weighted by Gasteiger charge is -2.21. The summed E-state index contributed by atoms with van der Waals surface area (Å²) in [6.07, 6.45) is 1.99. The van der Waals surface area contributed by atoms with Gasteiger partial charge in [-0.05, 0) is 56.4 Å². The van der Waals surface area contributed by atoms with Gasteiger partial charge < -0.3 is 25.1 Å². The van der Waals surface area contributed by atoms with Gasteiger partial charge in [-0.1, -0.05) is 19.9 Å². The summed E-state index contributed by atoms with van der Waals surface area (Å²) >= 11 is 1.07. The van der Waals surface area contributed by atoms with Gasteiger partial charge >= 0.3 is 0 Å². The second-order valence-electron chi connectivity index (χ2n) is 8.54. The minimum atomic E-state index is -0.151. The molecule has 1 fully saturated rings. The number of amides is 1. The normalized spacial score (nSPS) is 14.7. The van der Waals surface area contributed by atoms with Gasteiger partial charge in [-0.2, -0.15) is 8.75 Å². The summed E-state index contributed by atoms with van der Waals surface area (Å²) in [6, 6.07) is 7.07. The maximum absolute atomic E-state index is 12.8. The van der Waals surface area contributed by atoms with Crippen molar-refractivity contribution in [2.24, 2.45) is 5.92 Å². The van der Waals surface area contributed by atoms with E-state index in [0.29, 0.717) is 17.3 Å². The first-order chi connectivity index (χ1) is 15.3. The second-order valence-corrected chi connectivity index (χ2v) is 9.07. The molecular weight excluding hydrogens is 426 g/mol. The van der Waals surface area contributed by atoms with Crippen molar-refractivity contribution in [2.75, 3.05) is 23.7 Å². The van der Waals surface area contributed by atoms with Crippen molar-refractivity contribution in [1.29, 1.82) is 0 Å². The largest absolute Gasteiger partial charge is 0.505 e. The van der Waals surface area contributed by atoms with Crippen molar-refractivity contribution in [3.05, 3.63) is 46.9 Å². The van der Waals surface area contributed by atoms with E-state index in [9.17, 15) is 9.90 Å². The molecule has 0 aliphatic carbocycles. The van der Waals surface area contributed by atoms with Crippen molar-refractivity contribution in [3.8, 4) is 5.75 Å². The number of benzene rings is 1. The number of carbonyl (C=O) groups excluding carboxylic acids is 1. The Balaban J connectivity index is 1.56. The van der Waals surface area contributed by atoms with E-state index in [4.69, 9.17) is 4.42 Å². The van der Waals surface area contributed by atoms with Gasteiger partial charge in [0.05, 0.1) is 29.0 Å². The minimum Gasteiger partial charge on any atom is -0.505 e. The van der Waals surface area contributed by atoms with Crippen LogP contribution in [0.15, 0.2) is 28.7 Å². The lowest BCUT2D eigenvalue weighted by molar-refractivity contribution is 0.0790. The molecule has 1 aromatic carbocycles. The quantitative estimate of drug-likeness (QED) is 0.418. The van der Waals surface area contributed by atoms with E-state index in [1.807, 2.05) is 19.9 Å². The van der Waals surface area contributed by atoms with Crippen LogP contribution in [0.3, 0.4) is 0 Å². The Kier molecular flexibility index (Phi) is 6.36. The van der Waals surface area contributed by atoms with Gasteiger partial charge in [0.1, 0.15) is 11.5 Å². The number of phenols is 1. The van der Waals surface area contributed by atoms with Crippen LogP contribution < -0.4 is 10.6 Å². The molecule has 0 bridgehead atoms. The first-order valence-corrected chi connectivity index (χ1v) is 11.6. The topological polar surface area (TPSA) is 104 Å². The van der Waals surface area contributed by atoms with Crippen molar-refractivity contribution in [1.82, 2.24) is 13.6 Å². The van der Waals surface area contributed by atoms with E-state index < -0.39 is 0 Å². The second kappa shape index (κ2) is 9.20. The van der Waals surface area contributed by atoms with Crippen molar-refractivity contribution < 1.29 is 14.3 Å². The molecule has 3 N–H and O–H groups in total. The SMILES string of the molecule is Cc1cc(C(Nc2nsnc2Nc2cccc(C(=O)N3CCCC3)c2O)C(C)C)oc1C. The lowest BCUT2D eigenvalue weighted by Crippen LogP contribution is -2.27. The molecule has 8 nitrogen and oxygen atoms in total. The number of carbonyl (C=O) groups is 1. The average molecular weight is 456 g/mol. The lowest BCUT2D eigenvalue weighted by atomic mass is 10.0. The molecule has 1 amide bonds. The van der Waals surface area contributed by atoms with E-state index in [0.717, 1.165) is 54.7 Å². The Morgan fingerprint density at radius 2 is 1.91 bits per heavy atom. The minimum absolute atomic E-state index is 0.0824. The van der Waals surface area contributed by atoms with Gasteiger partial charge in [-0.3, -0.25) is 4.79 Å². The number of para-hydroxylation sites is 1. The zero-order valence-electron chi connectivity index (χ0n) is 18.8. The van der Waals surface area contributed by atoms with Crippen LogP contribution in [0, 0.1) is 19.8 Å². The number of nitrogens with one attached hydrogen (secondary N) is 2. The molecule has 2 aromatic heterocycles. The number of aromatic nitrogens is 2. The monoisotopic (exact) mass is 455 g/mol. The summed E-state index contributed by atoms with van der Waals surface area (Å²) in [7, 11) is 0. The molecule has 3 heterocycles. The molecule has 1 aliphatic heterocycles. The molecule has 1 unspecified atom stereocenters. The maximum Gasteiger partial charge on any atom is 0.257 e. The van der Waals surface area contributed by atoms with Crippen molar-refractivity contribution in [3.63, 3.8) is 0 Å². The van der Waals surface area contributed by atoms with Crippen LogP contribution in [0.25, 0.3) is 0 Å². The number of likely N-dealkylation sites (tertiary alicyclic amines) is 1. The summed E-state index contributed by atoms with van der Waals surface area (Å²) in [4.78, 5) is 14.6. The molecule has 32 heavy (non-hydrogen) atoms. The number of aromatic hydroxyl groups is 1. The summed E-state index contributed by atoms with van der Waals surface area (Å²) in [5.41, 5.74) is 1.80. The molecule has 1 saturated heterocycles. The highest BCUT2D eigenvalue weighted by molar-refractivity contribution is 6.99. The van der Waals surface area contributed by atoms with Crippen LogP contribution in [-0.4, -0.2) is 37.8 Å². The van der Waals surface area contributed by atoms with E-state index in [1.54, 1.807) is 23.1 Å². The number of phenolic OH excluding ortho intramolecular Hbond substituents is 1. The average Bonchev–Trinajstić information content (AvgIpc) is 3.50. The Hall–Kier alpha value is -3.07. The molecule has 0 spiro atoms. The Bertz CT molecular complexity index is 1080. The number of rotatable bonds is 7. The number of nitrogens with zero attached hydrogens (tertiary/aromatic N) is 3. The van der Waals surface area contributed by atoms with E-state index in [-0.39, 0.29) is 29.2 Å². The van der Waals surface area contributed by atoms with E-state index in [1.165, 1.54) is 0 Å². The van der Waals surface area contributed by atoms with Crippen molar-refractivity contribution in [2.45, 2.75) is 46.6 Å².